The van der Waals surface area contributed by atoms with Gasteiger partial charge in [-0.2, -0.15) is 0 Å². The molecule has 28 heavy (non-hydrogen) atoms. The van der Waals surface area contributed by atoms with Crippen molar-refractivity contribution in [2.75, 3.05) is 19.7 Å². The van der Waals surface area contributed by atoms with Crippen molar-refractivity contribution in [2.45, 2.75) is 19.3 Å². The Morgan fingerprint density at radius 3 is 2.57 bits per heavy atom. The Labute approximate surface area is 158 Å². The van der Waals surface area contributed by atoms with Crippen LogP contribution in [0.5, 0.6) is 0 Å². The van der Waals surface area contributed by atoms with E-state index < -0.39 is 40.9 Å². The van der Waals surface area contributed by atoms with Crippen LogP contribution in [0.15, 0.2) is 18.2 Å². The number of benzene rings is 1. The molecule has 146 valence electrons. The Bertz CT molecular complexity index is 910. The molecule has 1 saturated heterocycles. The number of hydrogen-bond acceptors (Lipinski definition) is 8. The molecule has 0 saturated carbocycles. The van der Waals surface area contributed by atoms with Gasteiger partial charge in [0.25, 0.3) is 23.4 Å². The van der Waals surface area contributed by atoms with Gasteiger partial charge in [0.15, 0.2) is 6.61 Å². The third-order valence-electron chi connectivity index (χ3n) is 4.44. The highest BCUT2D eigenvalue weighted by molar-refractivity contribution is 6.23. The summed E-state index contributed by atoms with van der Waals surface area (Å²) in [6.07, 6.45) is 0.441. The Balaban J connectivity index is 1.57. The Morgan fingerprint density at radius 1 is 1.18 bits per heavy atom. The van der Waals surface area contributed by atoms with Gasteiger partial charge in [-0.15, -0.1) is 0 Å². The lowest BCUT2D eigenvalue weighted by molar-refractivity contribution is -0.385. The molecule has 1 fully saturated rings. The number of rotatable bonds is 6. The van der Waals surface area contributed by atoms with E-state index in [2.05, 4.69) is 0 Å². The smallest absolute Gasteiger partial charge is 0.308 e. The highest BCUT2D eigenvalue weighted by Gasteiger charge is 2.40. The lowest BCUT2D eigenvalue weighted by Gasteiger charge is -2.15. The molecule has 0 atom stereocenters. The SMILES string of the molecule is O=C(CCN1C(=O)c2cccc([N+](=O)[O-])c2C1=O)OCC(=O)N1CCCC1=O. The summed E-state index contributed by atoms with van der Waals surface area (Å²) in [5, 5.41) is 11.1. The molecule has 1 aromatic carbocycles. The first kappa shape index (κ1) is 19.1. The predicted molar refractivity (Wildman–Crippen MR) is 90.0 cm³/mol. The molecule has 0 N–H and O–H groups in total. The average Bonchev–Trinajstić information content (AvgIpc) is 3.20. The molecule has 2 aliphatic heterocycles. The number of fused-ring (bicyclic) bond motifs is 1. The maximum absolute atomic E-state index is 12.4. The van der Waals surface area contributed by atoms with Crippen molar-refractivity contribution in [1.29, 1.82) is 0 Å². The van der Waals surface area contributed by atoms with E-state index >= 15 is 0 Å². The van der Waals surface area contributed by atoms with Crippen molar-refractivity contribution in [2.24, 2.45) is 0 Å². The highest BCUT2D eigenvalue weighted by atomic mass is 16.6. The fraction of sp³-hybridized carbons (Fsp3) is 0.353. The minimum Gasteiger partial charge on any atom is -0.455 e. The van der Waals surface area contributed by atoms with Crippen molar-refractivity contribution in [3.8, 4) is 0 Å². The maximum atomic E-state index is 12.4. The molecule has 0 unspecified atom stereocenters. The standard InChI is InChI=1S/C17H15N3O8/c21-12-5-2-7-18(12)13(22)9-28-14(23)6-8-19-16(24)10-3-1-4-11(20(26)27)15(10)17(19)25/h1,3-4H,2,5-9H2. The summed E-state index contributed by atoms with van der Waals surface area (Å²) < 4.78 is 4.79. The zero-order chi connectivity index (χ0) is 20.4. The Hall–Kier alpha value is -3.63. The zero-order valence-corrected chi connectivity index (χ0v) is 14.6. The van der Waals surface area contributed by atoms with E-state index in [1.165, 1.54) is 12.1 Å². The molecular formula is C17H15N3O8. The number of carbonyl (C=O) groups excluding carboxylic acids is 5. The summed E-state index contributed by atoms with van der Waals surface area (Å²) in [6.45, 7) is -0.680. The second-order valence-electron chi connectivity index (χ2n) is 6.17. The first-order valence-electron chi connectivity index (χ1n) is 8.43. The van der Waals surface area contributed by atoms with Crippen molar-refractivity contribution < 1.29 is 33.6 Å². The number of imide groups is 2. The van der Waals surface area contributed by atoms with Crippen LogP contribution in [0.3, 0.4) is 0 Å². The quantitative estimate of drug-likeness (QED) is 0.292. The second kappa shape index (κ2) is 7.55. The van der Waals surface area contributed by atoms with Crippen LogP contribution >= 0.6 is 0 Å². The predicted octanol–water partition coefficient (Wildman–Crippen LogP) is 0.273. The number of hydrogen-bond donors (Lipinski definition) is 0. The zero-order valence-electron chi connectivity index (χ0n) is 14.6. The Morgan fingerprint density at radius 2 is 1.93 bits per heavy atom. The van der Waals surface area contributed by atoms with Gasteiger partial charge < -0.3 is 4.74 Å². The van der Waals surface area contributed by atoms with Crippen LogP contribution in [0, 0.1) is 10.1 Å². The molecular weight excluding hydrogens is 374 g/mol. The lowest BCUT2D eigenvalue weighted by Crippen LogP contribution is -2.36. The number of nitro groups is 1. The molecule has 0 aromatic heterocycles. The van der Waals surface area contributed by atoms with Gasteiger partial charge in [0.1, 0.15) is 5.56 Å². The number of nitro benzene ring substituents is 1. The van der Waals surface area contributed by atoms with Crippen LogP contribution in [0.2, 0.25) is 0 Å². The summed E-state index contributed by atoms with van der Waals surface area (Å²) in [4.78, 5) is 71.8. The van der Waals surface area contributed by atoms with E-state index in [0.717, 1.165) is 15.9 Å². The molecule has 11 heteroatoms. The van der Waals surface area contributed by atoms with Gasteiger partial charge in [-0.05, 0) is 12.5 Å². The fourth-order valence-corrected chi connectivity index (χ4v) is 3.08. The van der Waals surface area contributed by atoms with Gasteiger partial charge >= 0.3 is 5.97 Å². The van der Waals surface area contributed by atoms with Gasteiger partial charge in [-0.3, -0.25) is 43.9 Å². The van der Waals surface area contributed by atoms with Crippen LogP contribution in [-0.4, -0.2) is 64.0 Å². The number of esters is 1. The first-order chi connectivity index (χ1) is 13.3. The van der Waals surface area contributed by atoms with Crippen LogP contribution in [0.4, 0.5) is 5.69 Å². The molecule has 2 aliphatic rings. The van der Waals surface area contributed by atoms with Gasteiger partial charge in [-0.1, -0.05) is 6.07 Å². The van der Waals surface area contributed by atoms with Crippen LogP contribution in [-0.2, 0) is 19.1 Å². The first-order valence-corrected chi connectivity index (χ1v) is 8.43. The van der Waals surface area contributed by atoms with E-state index in [1.54, 1.807) is 0 Å². The summed E-state index contributed by atoms with van der Waals surface area (Å²) in [6, 6.07) is 3.71. The van der Waals surface area contributed by atoms with E-state index in [4.69, 9.17) is 4.74 Å². The van der Waals surface area contributed by atoms with Crippen LogP contribution in [0.25, 0.3) is 0 Å². The summed E-state index contributed by atoms with van der Waals surface area (Å²) in [5.41, 5.74) is -0.898. The largest absolute Gasteiger partial charge is 0.455 e. The van der Waals surface area contributed by atoms with Gasteiger partial charge in [0.2, 0.25) is 5.91 Å². The molecule has 0 aliphatic carbocycles. The van der Waals surface area contributed by atoms with E-state index in [1.807, 2.05) is 0 Å². The van der Waals surface area contributed by atoms with Gasteiger partial charge in [0.05, 0.1) is 16.9 Å². The van der Waals surface area contributed by atoms with Crippen LogP contribution < -0.4 is 0 Å². The molecule has 2 heterocycles. The molecule has 0 radical (unpaired) electrons. The van der Waals surface area contributed by atoms with Crippen LogP contribution in [0.1, 0.15) is 40.0 Å². The third kappa shape index (κ3) is 3.46. The number of ether oxygens (including phenoxy) is 1. The van der Waals surface area contributed by atoms with E-state index in [0.29, 0.717) is 6.42 Å². The summed E-state index contributed by atoms with van der Waals surface area (Å²) >= 11 is 0. The molecule has 0 bridgehead atoms. The molecule has 1 aromatic rings. The lowest BCUT2D eigenvalue weighted by atomic mass is 10.1. The molecule has 3 rings (SSSR count). The Kier molecular flexibility index (Phi) is 5.16. The van der Waals surface area contributed by atoms with E-state index in [9.17, 15) is 34.1 Å². The number of amides is 4. The summed E-state index contributed by atoms with van der Waals surface area (Å²) in [5.74, 6) is -3.40. The van der Waals surface area contributed by atoms with Gasteiger partial charge in [-0.25, -0.2) is 0 Å². The van der Waals surface area contributed by atoms with Gasteiger partial charge in [0, 0.05) is 25.6 Å². The van der Waals surface area contributed by atoms with Crippen molar-refractivity contribution in [1.82, 2.24) is 9.80 Å². The third-order valence-corrected chi connectivity index (χ3v) is 4.44. The summed E-state index contributed by atoms with van der Waals surface area (Å²) in [7, 11) is 0. The topological polar surface area (TPSA) is 144 Å². The number of carbonyl (C=O) groups is 5. The minimum absolute atomic E-state index is 0.102. The van der Waals surface area contributed by atoms with Crippen molar-refractivity contribution in [3.63, 3.8) is 0 Å². The van der Waals surface area contributed by atoms with E-state index in [-0.39, 0.29) is 43.0 Å². The monoisotopic (exact) mass is 389 g/mol. The average molecular weight is 389 g/mol. The molecule has 4 amide bonds. The fourth-order valence-electron chi connectivity index (χ4n) is 3.08. The van der Waals surface area contributed by atoms with Crippen molar-refractivity contribution in [3.05, 3.63) is 39.4 Å². The minimum atomic E-state index is -0.862. The highest BCUT2D eigenvalue weighted by Crippen LogP contribution is 2.30. The second-order valence-corrected chi connectivity index (χ2v) is 6.17. The number of likely N-dealkylation sites (tertiary alicyclic amines) is 1. The number of nitrogens with zero attached hydrogens (tertiary/aromatic N) is 3. The molecule has 0 spiro atoms. The van der Waals surface area contributed by atoms with Crippen molar-refractivity contribution >= 4 is 35.3 Å². The molecule has 11 nitrogen and oxygen atoms in total. The normalized spacial score (nSPS) is 15.8. The maximum Gasteiger partial charge on any atom is 0.308 e.